The molecule has 0 amide bonds. The molecule has 8 nitrogen and oxygen atoms in total. The molecule has 0 atom stereocenters. The molecule has 6 N–H and O–H groups in total. The minimum absolute atomic E-state index is 0.514. The van der Waals surface area contributed by atoms with Crippen LogP contribution in [0.5, 0.6) is 0 Å². The molecule has 1 aromatic heterocycles. The molecule has 1 aliphatic heterocycles. The number of thiazole rings is 1. The highest BCUT2D eigenvalue weighted by molar-refractivity contribution is 7.15. The lowest BCUT2D eigenvalue weighted by Gasteiger charge is -2.36. The summed E-state index contributed by atoms with van der Waals surface area (Å²) in [6.45, 7) is 1.21. The first-order valence-electron chi connectivity index (χ1n) is 5.84. The van der Waals surface area contributed by atoms with E-state index in [1.165, 1.54) is 11.3 Å². The first-order chi connectivity index (χ1) is 11.1. The number of aliphatic hydroxyl groups is 1. The van der Waals surface area contributed by atoms with Gasteiger partial charge < -0.3 is 26.4 Å². The van der Waals surface area contributed by atoms with Crippen LogP contribution < -0.4 is 11.1 Å². The van der Waals surface area contributed by atoms with E-state index in [2.05, 4.69) is 10.3 Å². The van der Waals surface area contributed by atoms with Crippen LogP contribution in [0.3, 0.4) is 0 Å². The van der Waals surface area contributed by atoms with E-state index in [0.29, 0.717) is 18.2 Å². The van der Waals surface area contributed by atoms with Crippen molar-refractivity contribution in [1.29, 1.82) is 0 Å². The molecule has 25 heavy (non-hydrogen) atoms. The fourth-order valence-corrected chi connectivity index (χ4v) is 1.81. The van der Waals surface area contributed by atoms with Gasteiger partial charge in [-0.1, -0.05) is 11.3 Å². The van der Waals surface area contributed by atoms with Crippen molar-refractivity contribution in [3.63, 3.8) is 0 Å². The lowest BCUT2D eigenvalue weighted by molar-refractivity contribution is -0.193. The number of hydrogen-bond donors (Lipinski definition) is 5. The molecule has 0 radical (unpaired) electrons. The number of hydrogen-bond acceptors (Lipinski definition) is 7. The lowest BCUT2D eigenvalue weighted by atomic mass is 9.96. The predicted octanol–water partition coefficient (Wildman–Crippen LogP) is 0.783. The molecule has 0 saturated carbocycles. The van der Waals surface area contributed by atoms with Gasteiger partial charge >= 0.3 is 24.3 Å². The number of aliphatic carboxylic acids is 2. The normalized spacial score (nSPS) is 15.6. The smallest absolute Gasteiger partial charge is 0.475 e. The second kappa shape index (κ2) is 8.30. The Morgan fingerprint density at radius 1 is 1.12 bits per heavy atom. The van der Waals surface area contributed by atoms with Gasteiger partial charge in [0.05, 0.1) is 4.88 Å². The summed E-state index contributed by atoms with van der Waals surface area (Å²) < 4.78 is 63.5. The van der Waals surface area contributed by atoms with E-state index in [4.69, 9.17) is 25.5 Å². The SMILES string of the molecule is Nc1ncc(C2(O)CNC2)s1.O=C(O)C(F)(F)F.O=C(O)C(F)(F)F. The number of nitrogens with two attached hydrogens (primary N) is 1. The maximum absolute atomic E-state index is 10.6. The molecule has 1 aromatic rings. The highest BCUT2D eigenvalue weighted by atomic mass is 32.1. The summed E-state index contributed by atoms with van der Waals surface area (Å²) in [6.07, 6.45) is -8.53. The summed E-state index contributed by atoms with van der Waals surface area (Å²) >= 11 is 1.35. The summed E-state index contributed by atoms with van der Waals surface area (Å²) in [7, 11) is 0. The molecule has 2 heterocycles. The highest BCUT2D eigenvalue weighted by Gasteiger charge is 2.39. The van der Waals surface area contributed by atoms with Gasteiger partial charge in [-0.15, -0.1) is 0 Å². The third kappa shape index (κ3) is 7.99. The van der Waals surface area contributed by atoms with Gasteiger partial charge in [0.25, 0.3) is 0 Å². The number of alkyl halides is 6. The Hall–Kier alpha value is -2.13. The van der Waals surface area contributed by atoms with Crippen molar-refractivity contribution < 1.29 is 51.3 Å². The summed E-state index contributed by atoms with van der Waals surface area (Å²) in [6, 6.07) is 0. The van der Waals surface area contributed by atoms with Gasteiger partial charge in [-0.05, 0) is 0 Å². The van der Waals surface area contributed by atoms with E-state index in [0.717, 1.165) is 4.88 Å². The Kier molecular flexibility index (Phi) is 7.60. The van der Waals surface area contributed by atoms with Crippen LogP contribution in [-0.2, 0) is 15.2 Å². The van der Waals surface area contributed by atoms with Crippen LogP contribution in [0.4, 0.5) is 31.5 Å². The van der Waals surface area contributed by atoms with Crippen LogP contribution in [0.2, 0.25) is 0 Å². The number of nitrogen functional groups attached to an aromatic ring is 1. The Morgan fingerprint density at radius 2 is 1.48 bits per heavy atom. The zero-order valence-electron chi connectivity index (χ0n) is 11.9. The van der Waals surface area contributed by atoms with Gasteiger partial charge in [0.2, 0.25) is 0 Å². The van der Waals surface area contributed by atoms with Gasteiger partial charge in [0.1, 0.15) is 5.60 Å². The summed E-state index contributed by atoms with van der Waals surface area (Å²) in [5, 5.41) is 27.5. The number of nitrogens with one attached hydrogen (secondary N) is 1. The van der Waals surface area contributed by atoms with E-state index >= 15 is 0 Å². The number of aromatic nitrogens is 1. The monoisotopic (exact) mass is 399 g/mol. The number of nitrogens with zero attached hydrogens (tertiary/aromatic N) is 1. The van der Waals surface area contributed by atoms with E-state index in [9.17, 15) is 31.4 Å². The largest absolute Gasteiger partial charge is 0.490 e. The number of carbonyl (C=O) groups is 2. The summed E-state index contributed by atoms with van der Waals surface area (Å²) in [4.78, 5) is 22.5. The zero-order chi connectivity index (χ0) is 20.1. The number of β-amino-alcohol motifs (C(OH)–C–C–N with tert-alkyl or cyclic N) is 1. The number of carboxylic acid groups (broad SMARTS) is 2. The molecule has 0 spiro atoms. The van der Waals surface area contributed by atoms with Crippen LogP contribution in [0.15, 0.2) is 6.20 Å². The lowest BCUT2D eigenvalue weighted by Crippen LogP contribution is -2.56. The number of halogens is 6. The molecular formula is C10H11F6N3O5S. The van der Waals surface area contributed by atoms with Crippen molar-refractivity contribution in [2.45, 2.75) is 18.0 Å². The zero-order valence-corrected chi connectivity index (χ0v) is 12.7. The van der Waals surface area contributed by atoms with Crippen molar-refractivity contribution in [2.24, 2.45) is 0 Å². The quantitative estimate of drug-likeness (QED) is 0.436. The van der Waals surface area contributed by atoms with Crippen molar-refractivity contribution in [2.75, 3.05) is 18.8 Å². The predicted molar refractivity (Wildman–Crippen MR) is 70.7 cm³/mol. The second-order valence-corrected chi connectivity index (χ2v) is 5.37. The fourth-order valence-electron chi connectivity index (χ4n) is 1.04. The highest BCUT2D eigenvalue weighted by Crippen LogP contribution is 2.30. The van der Waals surface area contributed by atoms with Crippen LogP contribution >= 0.6 is 11.3 Å². The topological polar surface area (TPSA) is 146 Å². The third-order valence-corrected chi connectivity index (χ3v) is 3.32. The van der Waals surface area contributed by atoms with E-state index in [1.54, 1.807) is 6.20 Å². The number of anilines is 1. The van der Waals surface area contributed by atoms with Gasteiger partial charge in [0, 0.05) is 19.3 Å². The van der Waals surface area contributed by atoms with Gasteiger partial charge in [-0.25, -0.2) is 14.6 Å². The summed E-state index contributed by atoms with van der Waals surface area (Å²) in [5.74, 6) is -5.51. The second-order valence-electron chi connectivity index (χ2n) is 4.30. The molecule has 0 bridgehead atoms. The minimum Gasteiger partial charge on any atom is -0.475 e. The molecule has 1 fully saturated rings. The Labute approximate surface area is 138 Å². The first-order valence-corrected chi connectivity index (χ1v) is 6.66. The Bertz CT molecular complexity index is 575. The molecular weight excluding hydrogens is 388 g/mol. The van der Waals surface area contributed by atoms with E-state index < -0.39 is 29.9 Å². The van der Waals surface area contributed by atoms with Crippen LogP contribution in [-0.4, -0.2) is 57.7 Å². The molecule has 2 rings (SSSR count). The van der Waals surface area contributed by atoms with Gasteiger partial charge in [-0.2, -0.15) is 26.3 Å². The molecule has 0 unspecified atom stereocenters. The first kappa shape index (κ1) is 22.9. The maximum atomic E-state index is 10.6. The van der Waals surface area contributed by atoms with Crippen LogP contribution in [0, 0.1) is 0 Å². The minimum atomic E-state index is -5.08. The summed E-state index contributed by atoms with van der Waals surface area (Å²) in [5.41, 5.74) is 4.73. The van der Waals surface area contributed by atoms with Gasteiger partial charge in [0.15, 0.2) is 5.13 Å². The molecule has 0 aromatic carbocycles. The number of carboxylic acids is 2. The molecule has 0 aliphatic carbocycles. The average Bonchev–Trinajstić information content (AvgIpc) is 2.82. The van der Waals surface area contributed by atoms with E-state index in [-0.39, 0.29) is 0 Å². The maximum Gasteiger partial charge on any atom is 0.490 e. The number of rotatable bonds is 1. The third-order valence-electron chi connectivity index (χ3n) is 2.30. The molecule has 15 heteroatoms. The van der Waals surface area contributed by atoms with Crippen LogP contribution in [0.1, 0.15) is 4.88 Å². The van der Waals surface area contributed by atoms with Crippen molar-refractivity contribution in [3.8, 4) is 0 Å². The van der Waals surface area contributed by atoms with Crippen molar-refractivity contribution >= 4 is 28.4 Å². The standard InChI is InChI=1S/C6H9N3OS.2C2HF3O2/c7-5-9-1-4(11-5)6(10)2-8-3-6;2*3-2(4,5)1(6)7/h1,8,10H,2-3H2,(H2,7,9);2*(H,6,7). The van der Waals surface area contributed by atoms with Crippen molar-refractivity contribution in [3.05, 3.63) is 11.1 Å². The van der Waals surface area contributed by atoms with Gasteiger partial charge in [-0.3, -0.25) is 0 Å². The van der Waals surface area contributed by atoms with E-state index in [1.807, 2.05) is 0 Å². The molecule has 1 aliphatic rings. The molecule has 1 saturated heterocycles. The Balaban J connectivity index is 0.000000366. The average molecular weight is 399 g/mol. The van der Waals surface area contributed by atoms with Crippen LogP contribution in [0.25, 0.3) is 0 Å². The molecule has 144 valence electrons. The fraction of sp³-hybridized carbons (Fsp3) is 0.500. The van der Waals surface area contributed by atoms with Crippen molar-refractivity contribution in [1.82, 2.24) is 10.3 Å². The Morgan fingerprint density at radius 3 is 1.64 bits per heavy atom.